The van der Waals surface area contributed by atoms with Crippen LogP contribution in [0, 0.1) is 5.41 Å². The molecule has 0 saturated carbocycles. The molecule has 0 saturated heterocycles. The van der Waals surface area contributed by atoms with Gasteiger partial charge < -0.3 is 15.3 Å². The quantitative estimate of drug-likeness (QED) is 0.324. The summed E-state index contributed by atoms with van der Waals surface area (Å²) in [5.74, 6) is -0.413. The summed E-state index contributed by atoms with van der Waals surface area (Å²) in [5, 5.41) is 14.8. The molecule has 0 fully saturated rings. The average Bonchev–Trinajstić information content (AvgIpc) is 1.89. The van der Waals surface area contributed by atoms with Gasteiger partial charge in [0, 0.05) is 19.2 Å². The lowest BCUT2D eigenvalue weighted by atomic mass is 10.4. The zero-order chi connectivity index (χ0) is 7.82. The molecule has 10 heavy (non-hydrogen) atoms. The van der Waals surface area contributed by atoms with E-state index in [9.17, 15) is 4.79 Å². The maximum Gasteiger partial charge on any atom is 0.311 e. The molecule has 0 aliphatic carbocycles. The highest BCUT2D eigenvalue weighted by molar-refractivity contribution is 5.84. The van der Waals surface area contributed by atoms with Crippen LogP contribution in [0.1, 0.15) is 12.8 Å². The second-order valence-electron chi connectivity index (χ2n) is 1.71. The van der Waals surface area contributed by atoms with E-state index < -0.39 is 5.97 Å². The molecule has 2 N–H and O–H groups in total. The Morgan fingerprint density at radius 2 is 2.40 bits per heavy atom. The molecular weight excluding hydrogens is 134 g/mol. The zero-order valence-electron chi connectivity index (χ0n) is 5.67. The van der Waals surface area contributed by atoms with E-state index in [0.29, 0.717) is 6.42 Å². The van der Waals surface area contributed by atoms with Crippen LogP contribution in [0.15, 0.2) is 0 Å². The normalized spacial score (nSPS) is 8.90. The Kier molecular flexibility index (Phi) is 5.66. The van der Waals surface area contributed by atoms with Crippen molar-refractivity contribution in [3.63, 3.8) is 0 Å². The van der Waals surface area contributed by atoms with E-state index in [1.165, 1.54) is 0 Å². The lowest BCUT2D eigenvalue weighted by Crippen LogP contribution is -2.06. The fraction of sp³-hybridized carbons (Fsp3) is 0.667. The smallest absolute Gasteiger partial charge is 0.311 e. The molecule has 0 aromatic rings. The maximum atomic E-state index is 10.5. The van der Waals surface area contributed by atoms with Crippen LogP contribution < -0.4 is 0 Å². The highest BCUT2D eigenvalue weighted by Gasteiger charge is 1.97. The highest BCUT2D eigenvalue weighted by Crippen LogP contribution is 1.85. The Hall–Kier alpha value is -0.900. The number of nitrogens with one attached hydrogen (secondary N) is 1. The SMILES string of the molecule is N=CCC(=O)OCCCO. The van der Waals surface area contributed by atoms with Gasteiger partial charge in [-0.15, -0.1) is 0 Å². The molecule has 4 heteroatoms. The minimum Gasteiger partial charge on any atom is -0.465 e. The van der Waals surface area contributed by atoms with Gasteiger partial charge in [-0.1, -0.05) is 0 Å². The van der Waals surface area contributed by atoms with Gasteiger partial charge in [-0.25, -0.2) is 0 Å². The number of rotatable bonds is 5. The van der Waals surface area contributed by atoms with Crippen molar-refractivity contribution in [3.8, 4) is 0 Å². The average molecular weight is 145 g/mol. The van der Waals surface area contributed by atoms with E-state index in [-0.39, 0.29) is 19.6 Å². The Bertz CT molecular complexity index is 114. The number of carbonyl (C=O) groups excluding carboxylic acids is 1. The summed E-state index contributed by atoms with van der Waals surface area (Å²) < 4.78 is 4.57. The van der Waals surface area contributed by atoms with Crippen LogP contribution in [0.4, 0.5) is 0 Å². The summed E-state index contributed by atoms with van der Waals surface area (Å²) in [6.45, 7) is 0.265. The summed E-state index contributed by atoms with van der Waals surface area (Å²) >= 11 is 0. The minimum atomic E-state index is -0.413. The van der Waals surface area contributed by atoms with Gasteiger partial charge in [0.2, 0.25) is 0 Å². The van der Waals surface area contributed by atoms with Crippen molar-refractivity contribution in [2.45, 2.75) is 12.8 Å². The predicted molar refractivity (Wildman–Crippen MR) is 36.1 cm³/mol. The molecule has 0 aromatic carbocycles. The molecule has 0 rings (SSSR count). The van der Waals surface area contributed by atoms with Crippen LogP contribution in [0.2, 0.25) is 0 Å². The molecule has 0 atom stereocenters. The molecule has 0 spiro atoms. The van der Waals surface area contributed by atoms with Crippen molar-refractivity contribution in [2.75, 3.05) is 13.2 Å². The van der Waals surface area contributed by atoms with E-state index in [1.54, 1.807) is 0 Å². The Morgan fingerprint density at radius 1 is 1.70 bits per heavy atom. The molecule has 0 aliphatic rings. The van der Waals surface area contributed by atoms with Gasteiger partial charge in [-0.05, 0) is 0 Å². The maximum absolute atomic E-state index is 10.5. The fourth-order valence-electron chi connectivity index (χ4n) is 0.393. The summed E-state index contributed by atoms with van der Waals surface area (Å²) in [5.41, 5.74) is 0. The third-order valence-corrected chi connectivity index (χ3v) is 0.834. The molecular formula is C6H11NO3. The number of hydrogen-bond donors (Lipinski definition) is 2. The van der Waals surface area contributed by atoms with Gasteiger partial charge in [0.25, 0.3) is 0 Å². The van der Waals surface area contributed by atoms with Crippen molar-refractivity contribution in [2.24, 2.45) is 0 Å². The fourth-order valence-corrected chi connectivity index (χ4v) is 0.393. The third kappa shape index (κ3) is 5.24. The lowest BCUT2D eigenvalue weighted by Gasteiger charge is -1.99. The molecule has 0 unspecified atom stereocenters. The van der Waals surface area contributed by atoms with Gasteiger partial charge in [-0.2, -0.15) is 0 Å². The first-order valence-corrected chi connectivity index (χ1v) is 3.06. The molecule has 0 amide bonds. The van der Waals surface area contributed by atoms with Crippen LogP contribution in [-0.2, 0) is 9.53 Å². The van der Waals surface area contributed by atoms with Crippen molar-refractivity contribution >= 4 is 12.2 Å². The van der Waals surface area contributed by atoms with Gasteiger partial charge in [0.15, 0.2) is 0 Å². The van der Waals surface area contributed by atoms with Crippen molar-refractivity contribution in [3.05, 3.63) is 0 Å². The number of carbonyl (C=O) groups is 1. The summed E-state index contributed by atoms with van der Waals surface area (Å²) in [4.78, 5) is 10.5. The second kappa shape index (κ2) is 6.22. The molecule has 0 radical (unpaired) electrons. The summed E-state index contributed by atoms with van der Waals surface area (Å²) in [7, 11) is 0. The Morgan fingerprint density at radius 3 is 2.90 bits per heavy atom. The van der Waals surface area contributed by atoms with Crippen LogP contribution in [0.3, 0.4) is 0 Å². The number of aliphatic hydroxyl groups excluding tert-OH is 1. The predicted octanol–water partition coefficient (Wildman–Crippen LogP) is -0.0483. The first-order valence-electron chi connectivity index (χ1n) is 3.06. The van der Waals surface area contributed by atoms with Crippen LogP contribution >= 0.6 is 0 Å². The van der Waals surface area contributed by atoms with Crippen molar-refractivity contribution in [1.82, 2.24) is 0 Å². The molecule has 0 bridgehead atoms. The molecule has 0 aromatic heterocycles. The number of aliphatic hydroxyl groups is 1. The molecule has 58 valence electrons. The van der Waals surface area contributed by atoms with E-state index in [0.717, 1.165) is 6.21 Å². The Balaban J connectivity index is 3.13. The van der Waals surface area contributed by atoms with E-state index >= 15 is 0 Å². The Labute approximate surface area is 59.3 Å². The summed E-state index contributed by atoms with van der Waals surface area (Å²) in [6, 6.07) is 0. The summed E-state index contributed by atoms with van der Waals surface area (Å²) in [6.07, 6.45) is 1.47. The highest BCUT2D eigenvalue weighted by atomic mass is 16.5. The lowest BCUT2D eigenvalue weighted by molar-refractivity contribution is -0.142. The minimum absolute atomic E-state index is 0.0193. The second-order valence-corrected chi connectivity index (χ2v) is 1.71. The number of esters is 1. The topological polar surface area (TPSA) is 70.4 Å². The van der Waals surface area contributed by atoms with Gasteiger partial charge in [0.05, 0.1) is 13.0 Å². The largest absolute Gasteiger partial charge is 0.465 e. The molecule has 0 heterocycles. The number of hydrogen-bond acceptors (Lipinski definition) is 4. The van der Waals surface area contributed by atoms with Gasteiger partial charge >= 0.3 is 5.97 Å². The van der Waals surface area contributed by atoms with Crippen molar-refractivity contribution in [1.29, 1.82) is 5.41 Å². The monoisotopic (exact) mass is 145 g/mol. The van der Waals surface area contributed by atoms with Crippen molar-refractivity contribution < 1.29 is 14.6 Å². The molecule has 4 nitrogen and oxygen atoms in total. The zero-order valence-corrected chi connectivity index (χ0v) is 5.67. The van der Waals surface area contributed by atoms with Gasteiger partial charge in [-0.3, -0.25) is 4.79 Å². The van der Waals surface area contributed by atoms with E-state index in [1.807, 2.05) is 0 Å². The van der Waals surface area contributed by atoms with Crippen LogP contribution in [0.25, 0.3) is 0 Å². The van der Waals surface area contributed by atoms with E-state index in [2.05, 4.69) is 4.74 Å². The number of ether oxygens (including phenoxy) is 1. The van der Waals surface area contributed by atoms with Crippen LogP contribution in [-0.4, -0.2) is 30.5 Å². The van der Waals surface area contributed by atoms with E-state index in [4.69, 9.17) is 10.5 Å². The first kappa shape index (κ1) is 9.10. The van der Waals surface area contributed by atoms with Gasteiger partial charge in [0.1, 0.15) is 0 Å². The molecule has 0 aliphatic heterocycles. The standard InChI is InChI=1S/C6H11NO3/c7-3-2-6(9)10-5-1-4-8/h3,7-8H,1-2,4-5H2. The third-order valence-electron chi connectivity index (χ3n) is 0.834. The first-order chi connectivity index (χ1) is 4.81. The van der Waals surface area contributed by atoms with Crippen LogP contribution in [0.5, 0.6) is 0 Å².